The highest BCUT2D eigenvalue weighted by Crippen LogP contribution is 2.44. The normalized spacial score (nSPS) is 16.4. The summed E-state index contributed by atoms with van der Waals surface area (Å²) in [4.78, 5) is 15.0. The maximum atomic E-state index is 10.8. The van der Waals surface area contributed by atoms with Crippen molar-refractivity contribution >= 4 is 11.8 Å². The lowest BCUT2D eigenvalue weighted by Crippen LogP contribution is -2.38. The molecule has 5 nitrogen and oxygen atoms in total. The van der Waals surface area contributed by atoms with Crippen molar-refractivity contribution in [3.05, 3.63) is 23.9 Å². The highest BCUT2D eigenvalue weighted by atomic mass is 16.4. The van der Waals surface area contributed by atoms with Gasteiger partial charge in [-0.15, -0.1) is 0 Å². The van der Waals surface area contributed by atoms with Gasteiger partial charge >= 0.3 is 5.97 Å². The minimum absolute atomic E-state index is 0.171. The van der Waals surface area contributed by atoms with Crippen LogP contribution >= 0.6 is 0 Å². The molecule has 94 valence electrons. The summed E-state index contributed by atoms with van der Waals surface area (Å²) in [7, 11) is 0. The summed E-state index contributed by atoms with van der Waals surface area (Å²) < 4.78 is 0. The third-order valence-electron chi connectivity index (χ3n) is 3.50. The molecule has 0 atom stereocenters. The van der Waals surface area contributed by atoms with E-state index in [1.807, 2.05) is 0 Å². The number of hydrogen-bond donors (Lipinski definition) is 2. The molecule has 1 heterocycles. The summed E-state index contributed by atoms with van der Waals surface area (Å²) in [5, 5.41) is 21.0. The molecule has 0 bridgehead atoms. The molecule has 1 fully saturated rings. The van der Waals surface area contributed by atoms with E-state index in [1.54, 1.807) is 18.3 Å². The number of nitrogens with zero attached hydrogens (tertiary/aromatic N) is 2. The molecule has 0 amide bonds. The monoisotopic (exact) mass is 245 g/mol. The van der Waals surface area contributed by atoms with Crippen LogP contribution in [0.4, 0.5) is 5.82 Å². The molecule has 1 aliphatic carbocycles. The first-order valence-corrected chi connectivity index (χ1v) is 5.96. The summed E-state index contributed by atoms with van der Waals surface area (Å²) in [6.07, 6.45) is 4.70. The highest BCUT2D eigenvalue weighted by Gasteiger charge is 2.38. The smallest absolute Gasteiger partial charge is 0.303 e. The predicted molar refractivity (Wildman–Crippen MR) is 66.0 cm³/mol. The van der Waals surface area contributed by atoms with Crippen molar-refractivity contribution < 1.29 is 9.90 Å². The molecule has 2 N–H and O–H groups in total. The molecular formula is C13H15N3O2. The predicted octanol–water partition coefficient (Wildman–Crippen LogP) is 2.01. The first-order valence-electron chi connectivity index (χ1n) is 5.96. The van der Waals surface area contributed by atoms with Crippen molar-refractivity contribution in [3.63, 3.8) is 0 Å². The van der Waals surface area contributed by atoms with Gasteiger partial charge in [0.1, 0.15) is 11.9 Å². The molecule has 0 aliphatic heterocycles. The van der Waals surface area contributed by atoms with Crippen molar-refractivity contribution in [3.8, 4) is 6.07 Å². The molecule has 0 unspecified atom stereocenters. The van der Waals surface area contributed by atoms with Crippen LogP contribution in [0.15, 0.2) is 18.3 Å². The maximum Gasteiger partial charge on any atom is 0.303 e. The number of nitrogens with one attached hydrogen (secondary N) is 1. The second-order valence-corrected chi connectivity index (χ2v) is 4.79. The average Bonchev–Trinajstić information content (AvgIpc) is 2.32. The fourth-order valence-corrected chi connectivity index (χ4v) is 2.32. The maximum absolute atomic E-state index is 10.8. The van der Waals surface area contributed by atoms with E-state index in [2.05, 4.69) is 16.4 Å². The van der Waals surface area contributed by atoms with Crippen molar-refractivity contribution in [1.29, 1.82) is 5.26 Å². The second kappa shape index (κ2) is 5.05. The first kappa shape index (κ1) is 12.4. The number of carbonyl (C=O) groups is 1. The van der Waals surface area contributed by atoms with Crippen molar-refractivity contribution in [2.75, 3.05) is 11.9 Å². The van der Waals surface area contributed by atoms with Crippen LogP contribution < -0.4 is 5.32 Å². The molecular weight excluding hydrogens is 230 g/mol. The Hall–Kier alpha value is -2.09. The van der Waals surface area contributed by atoms with Crippen LogP contribution in [0.3, 0.4) is 0 Å². The summed E-state index contributed by atoms with van der Waals surface area (Å²) in [6, 6.07) is 5.47. The molecule has 0 radical (unpaired) electrons. The van der Waals surface area contributed by atoms with Crippen LogP contribution in [-0.4, -0.2) is 22.6 Å². The highest BCUT2D eigenvalue weighted by molar-refractivity contribution is 5.68. The van der Waals surface area contributed by atoms with E-state index in [0.717, 1.165) is 19.3 Å². The molecule has 0 spiro atoms. The van der Waals surface area contributed by atoms with E-state index in [4.69, 9.17) is 10.4 Å². The minimum Gasteiger partial charge on any atom is -0.481 e. The lowest BCUT2D eigenvalue weighted by molar-refractivity contribution is -0.141. The fraction of sp³-hybridized carbons (Fsp3) is 0.462. The Kier molecular flexibility index (Phi) is 3.47. The average molecular weight is 245 g/mol. The van der Waals surface area contributed by atoms with Crippen LogP contribution in [0.2, 0.25) is 0 Å². The number of nitriles is 1. The quantitative estimate of drug-likeness (QED) is 0.828. The van der Waals surface area contributed by atoms with Gasteiger partial charge in [-0.2, -0.15) is 5.26 Å². The summed E-state index contributed by atoms with van der Waals surface area (Å²) in [5.74, 6) is -0.227. The van der Waals surface area contributed by atoms with Crippen molar-refractivity contribution in [2.45, 2.75) is 25.7 Å². The van der Waals surface area contributed by atoms with Gasteiger partial charge in [-0.3, -0.25) is 4.79 Å². The molecule has 1 aromatic heterocycles. The van der Waals surface area contributed by atoms with Gasteiger partial charge < -0.3 is 10.4 Å². The third kappa shape index (κ3) is 2.59. The lowest BCUT2D eigenvalue weighted by atomic mass is 9.66. The number of pyridine rings is 1. The van der Waals surface area contributed by atoms with Gasteiger partial charge in [-0.1, -0.05) is 6.42 Å². The van der Waals surface area contributed by atoms with E-state index < -0.39 is 5.97 Å². The summed E-state index contributed by atoms with van der Waals surface area (Å²) in [5.41, 5.74) is 0.318. The third-order valence-corrected chi connectivity index (χ3v) is 3.50. The van der Waals surface area contributed by atoms with Crippen LogP contribution in [0.1, 0.15) is 31.2 Å². The van der Waals surface area contributed by atoms with Crippen molar-refractivity contribution in [2.24, 2.45) is 5.41 Å². The van der Waals surface area contributed by atoms with Gasteiger partial charge in [-0.05, 0) is 30.4 Å². The Morgan fingerprint density at radius 2 is 2.39 bits per heavy atom. The van der Waals surface area contributed by atoms with Crippen LogP contribution in [-0.2, 0) is 4.79 Å². The number of rotatable bonds is 5. The Morgan fingerprint density at radius 1 is 1.61 bits per heavy atom. The molecule has 2 rings (SSSR count). The van der Waals surface area contributed by atoms with Gasteiger partial charge in [0.2, 0.25) is 0 Å². The zero-order chi connectivity index (χ0) is 13.0. The van der Waals surface area contributed by atoms with Gasteiger partial charge in [0.25, 0.3) is 0 Å². The molecule has 18 heavy (non-hydrogen) atoms. The topological polar surface area (TPSA) is 86.0 Å². The SMILES string of the molecule is N#Cc1cccnc1NCC1(CC(=O)O)CCC1. The second-order valence-electron chi connectivity index (χ2n) is 4.79. The van der Waals surface area contributed by atoms with Crippen LogP contribution in [0, 0.1) is 16.7 Å². The Morgan fingerprint density at radius 3 is 2.94 bits per heavy atom. The van der Waals surface area contributed by atoms with Gasteiger partial charge in [-0.25, -0.2) is 4.98 Å². The number of aromatic nitrogens is 1. The van der Waals surface area contributed by atoms with Gasteiger partial charge in [0, 0.05) is 12.7 Å². The number of carboxylic acid groups (broad SMARTS) is 1. The standard InChI is InChI=1S/C13H15N3O2/c14-8-10-3-1-6-15-12(10)16-9-13(4-2-5-13)7-11(17)18/h1,3,6H,2,4-5,7,9H2,(H,15,16)(H,17,18). The van der Waals surface area contributed by atoms with Crippen LogP contribution in [0.25, 0.3) is 0 Å². The molecule has 1 aromatic rings. The fourth-order valence-electron chi connectivity index (χ4n) is 2.32. The number of aliphatic carboxylic acids is 1. The van der Waals surface area contributed by atoms with E-state index >= 15 is 0 Å². The van der Waals surface area contributed by atoms with Crippen LogP contribution in [0.5, 0.6) is 0 Å². The zero-order valence-corrected chi connectivity index (χ0v) is 10.0. The number of carboxylic acids is 1. The summed E-state index contributed by atoms with van der Waals surface area (Å²) in [6.45, 7) is 0.561. The van der Waals surface area contributed by atoms with E-state index in [0.29, 0.717) is 17.9 Å². The number of anilines is 1. The Balaban J connectivity index is 2.02. The Labute approximate surface area is 105 Å². The Bertz CT molecular complexity index is 489. The van der Waals surface area contributed by atoms with Gasteiger partial charge in [0.15, 0.2) is 0 Å². The first-order chi connectivity index (χ1) is 8.65. The molecule has 0 aromatic carbocycles. The van der Waals surface area contributed by atoms with E-state index in [9.17, 15) is 4.79 Å². The number of hydrogen-bond acceptors (Lipinski definition) is 4. The van der Waals surface area contributed by atoms with E-state index in [1.165, 1.54) is 0 Å². The summed E-state index contributed by atoms with van der Waals surface area (Å²) >= 11 is 0. The zero-order valence-electron chi connectivity index (χ0n) is 10.0. The molecule has 5 heteroatoms. The minimum atomic E-state index is -0.766. The largest absolute Gasteiger partial charge is 0.481 e. The van der Waals surface area contributed by atoms with Crippen molar-refractivity contribution in [1.82, 2.24) is 4.98 Å². The molecule has 1 aliphatic rings. The molecule has 1 saturated carbocycles. The van der Waals surface area contributed by atoms with Gasteiger partial charge in [0.05, 0.1) is 12.0 Å². The lowest BCUT2D eigenvalue weighted by Gasteiger charge is -2.41. The van der Waals surface area contributed by atoms with E-state index in [-0.39, 0.29) is 11.8 Å². The molecule has 0 saturated heterocycles.